The van der Waals surface area contributed by atoms with E-state index in [9.17, 15) is 0 Å². The molecule has 0 spiro atoms. The summed E-state index contributed by atoms with van der Waals surface area (Å²) in [6.45, 7) is 10.4. The summed E-state index contributed by atoms with van der Waals surface area (Å²) in [6.07, 6.45) is 18.6. The Morgan fingerprint density at radius 3 is 1.30 bits per heavy atom. The third-order valence-corrected chi connectivity index (χ3v) is 16.5. The molecule has 6 aliphatic rings. The molecule has 0 aromatic rings. The molecular formula is C24H43NP2. The minimum atomic E-state index is 0.229. The van der Waals surface area contributed by atoms with E-state index < -0.39 is 0 Å². The van der Waals surface area contributed by atoms with Crippen molar-refractivity contribution in [1.82, 2.24) is 4.90 Å². The maximum atomic E-state index is 3.24. The molecule has 0 unspecified atom stereocenters. The van der Waals surface area contributed by atoms with Crippen LogP contribution in [0.25, 0.3) is 0 Å². The topological polar surface area (TPSA) is 3.24 Å². The second-order valence-electron chi connectivity index (χ2n) is 11.5. The van der Waals surface area contributed by atoms with Gasteiger partial charge >= 0.3 is 0 Å². The average Bonchev–Trinajstić information content (AvgIpc) is 3.09. The third kappa shape index (κ3) is 3.59. The fraction of sp³-hybridized carbons (Fsp3) is 1.00. The molecule has 4 saturated carbocycles. The summed E-state index contributed by atoms with van der Waals surface area (Å²) in [6, 6.07) is 0. The highest BCUT2D eigenvalue weighted by atomic mass is 31.1. The van der Waals surface area contributed by atoms with Gasteiger partial charge in [-0.15, -0.1) is 0 Å². The van der Waals surface area contributed by atoms with Crippen molar-refractivity contribution in [3.05, 3.63) is 0 Å². The van der Waals surface area contributed by atoms with Gasteiger partial charge < -0.3 is 0 Å². The molecule has 4 atom stereocenters. The molecule has 0 amide bonds. The number of rotatable bonds is 5. The van der Waals surface area contributed by atoms with E-state index in [1.54, 1.807) is 38.5 Å². The molecule has 0 aromatic heterocycles. The van der Waals surface area contributed by atoms with Crippen molar-refractivity contribution in [2.45, 2.75) is 120 Å². The Labute approximate surface area is 171 Å². The normalized spacial score (nSPS) is 50.3. The minimum absolute atomic E-state index is 0.229. The lowest BCUT2D eigenvalue weighted by atomic mass is 9.52. The summed E-state index contributed by atoms with van der Waals surface area (Å²) in [5.74, 6) is 3.28. The van der Waals surface area contributed by atoms with Crippen LogP contribution in [0.2, 0.25) is 0 Å². The Morgan fingerprint density at radius 1 is 0.630 bits per heavy atom. The van der Waals surface area contributed by atoms with E-state index in [4.69, 9.17) is 0 Å². The van der Waals surface area contributed by atoms with Crippen LogP contribution in [0.5, 0.6) is 0 Å². The lowest BCUT2D eigenvalue weighted by Crippen LogP contribution is -2.60. The summed E-state index contributed by atoms with van der Waals surface area (Å²) < 4.78 is 0. The van der Waals surface area contributed by atoms with E-state index in [0.29, 0.717) is 5.54 Å². The maximum absolute atomic E-state index is 3.24. The van der Waals surface area contributed by atoms with Crippen molar-refractivity contribution in [1.29, 1.82) is 0 Å². The van der Waals surface area contributed by atoms with Gasteiger partial charge in [0, 0.05) is 18.1 Å². The van der Waals surface area contributed by atoms with Crippen molar-refractivity contribution in [3.63, 3.8) is 0 Å². The zero-order valence-electron chi connectivity index (χ0n) is 18.4. The number of nitrogens with zero attached hydrogens (tertiary/aromatic N) is 1. The largest absolute Gasteiger partial charge is 0.289 e. The van der Waals surface area contributed by atoms with Crippen LogP contribution in [0.3, 0.4) is 0 Å². The molecular weight excluding hydrogens is 364 g/mol. The fourth-order valence-corrected chi connectivity index (χ4v) is 14.8. The first kappa shape index (κ1) is 19.8. The molecule has 3 heteroatoms. The second-order valence-corrected chi connectivity index (χ2v) is 17.7. The molecule has 154 valence electrons. The van der Waals surface area contributed by atoms with Gasteiger partial charge in [-0.25, -0.2) is 0 Å². The SMILES string of the molecule is C[C@@H]1CC[C@@H](C)P1CN(CP1[C@H](C)CC[C@H]1C)C12CC3CC(CC(C3)C1)C2. The van der Waals surface area contributed by atoms with E-state index in [0.717, 1.165) is 40.4 Å². The first-order valence-corrected chi connectivity index (χ1v) is 15.5. The van der Waals surface area contributed by atoms with E-state index >= 15 is 0 Å². The third-order valence-electron chi connectivity index (χ3n) is 9.61. The molecule has 2 saturated heterocycles. The summed E-state index contributed by atoms with van der Waals surface area (Å²) in [5, 5.41) is 0. The predicted molar refractivity (Wildman–Crippen MR) is 123 cm³/mol. The standard InChI is InChI=1S/C24H43NP2/c1-17-5-6-18(2)26(17)15-25(16-27-19(3)7-8-20(27)4)24-12-21-9-22(13-24)11-23(10-21)14-24/h17-23H,5-16H2,1-4H3/t17-,18-,19-,20-,21?,22?,23?,24?/m1/s1. The molecule has 0 aromatic carbocycles. The molecule has 1 nitrogen and oxygen atoms in total. The maximum Gasteiger partial charge on any atom is 0.0224 e. The van der Waals surface area contributed by atoms with Gasteiger partial charge in [0.25, 0.3) is 0 Å². The molecule has 6 rings (SSSR count). The molecule has 0 radical (unpaired) electrons. The van der Waals surface area contributed by atoms with Gasteiger partial charge in [-0.3, -0.25) is 4.90 Å². The van der Waals surface area contributed by atoms with Gasteiger partial charge in [0.2, 0.25) is 0 Å². The first-order chi connectivity index (χ1) is 12.9. The van der Waals surface area contributed by atoms with Crippen LogP contribution >= 0.6 is 15.8 Å². The van der Waals surface area contributed by atoms with Crippen molar-refractivity contribution >= 4 is 15.8 Å². The lowest BCUT2D eigenvalue weighted by molar-refractivity contribution is -0.0755. The van der Waals surface area contributed by atoms with Crippen molar-refractivity contribution in [2.24, 2.45) is 17.8 Å². The van der Waals surface area contributed by atoms with Crippen LogP contribution in [0, 0.1) is 17.8 Å². The van der Waals surface area contributed by atoms with Crippen LogP contribution in [-0.4, -0.2) is 45.6 Å². The van der Waals surface area contributed by atoms with Crippen LogP contribution in [0.4, 0.5) is 0 Å². The van der Waals surface area contributed by atoms with Crippen molar-refractivity contribution in [3.8, 4) is 0 Å². The number of hydrogen-bond acceptors (Lipinski definition) is 1. The molecule has 2 aliphatic heterocycles. The Morgan fingerprint density at radius 2 is 0.963 bits per heavy atom. The predicted octanol–water partition coefficient (Wildman–Crippen LogP) is 7.28. The zero-order valence-corrected chi connectivity index (χ0v) is 20.2. The number of hydrogen-bond donors (Lipinski definition) is 0. The van der Waals surface area contributed by atoms with E-state index in [1.807, 2.05) is 0 Å². The van der Waals surface area contributed by atoms with E-state index in [1.165, 1.54) is 38.3 Å². The zero-order chi connectivity index (χ0) is 18.8. The Kier molecular flexibility index (Phi) is 5.49. The Bertz CT molecular complexity index is 467. The van der Waals surface area contributed by atoms with Gasteiger partial charge in [0.1, 0.15) is 0 Å². The van der Waals surface area contributed by atoms with Crippen LogP contribution in [-0.2, 0) is 0 Å². The molecule has 2 heterocycles. The van der Waals surface area contributed by atoms with Gasteiger partial charge in [0.05, 0.1) is 0 Å². The van der Waals surface area contributed by atoms with Crippen LogP contribution in [0.15, 0.2) is 0 Å². The van der Waals surface area contributed by atoms with Crippen molar-refractivity contribution < 1.29 is 0 Å². The summed E-state index contributed by atoms with van der Waals surface area (Å²) >= 11 is 0. The molecule has 27 heavy (non-hydrogen) atoms. The van der Waals surface area contributed by atoms with Crippen molar-refractivity contribution in [2.75, 3.05) is 12.6 Å². The van der Waals surface area contributed by atoms with Gasteiger partial charge in [-0.2, -0.15) is 0 Å². The van der Waals surface area contributed by atoms with E-state index in [2.05, 4.69) is 32.6 Å². The molecule has 6 fully saturated rings. The summed E-state index contributed by atoms with van der Waals surface area (Å²) in [5.41, 5.74) is 4.74. The highest BCUT2D eigenvalue weighted by Crippen LogP contribution is 2.64. The molecule has 4 aliphatic carbocycles. The highest BCUT2D eigenvalue weighted by molar-refractivity contribution is 7.60. The summed E-state index contributed by atoms with van der Waals surface area (Å²) in [7, 11) is 0.457. The molecule has 0 N–H and O–H groups in total. The lowest BCUT2D eigenvalue weighted by Gasteiger charge is -2.61. The Balaban J connectivity index is 1.41. The molecule has 4 bridgehead atoms. The fourth-order valence-electron chi connectivity index (χ4n) is 8.25. The van der Waals surface area contributed by atoms with E-state index in [-0.39, 0.29) is 15.8 Å². The van der Waals surface area contributed by atoms with Crippen LogP contribution in [0.1, 0.15) is 91.9 Å². The first-order valence-electron chi connectivity index (χ1n) is 12.2. The average molecular weight is 408 g/mol. The van der Waals surface area contributed by atoms with Gasteiger partial charge in [-0.05, 0) is 105 Å². The highest BCUT2D eigenvalue weighted by Gasteiger charge is 2.54. The van der Waals surface area contributed by atoms with Gasteiger partial charge in [-0.1, -0.05) is 43.5 Å². The van der Waals surface area contributed by atoms with Crippen LogP contribution < -0.4 is 0 Å². The summed E-state index contributed by atoms with van der Waals surface area (Å²) in [4.78, 5) is 3.24. The minimum Gasteiger partial charge on any atom is -0.289 e. The second kappa shape index (κ2) is 7.50. The van der Waals surface area contributed by atoms with Gasteiger partial charge in [0.15, 0.2) is 0 Å². The smallest absolute Gasteiger partial charge is 0.0224 e. The quantitative estimate of drug-likeness (QED) is 0.433. The Hall–Kier alpha value is 0.820. The monoisotopic (exact) mass is 407 g/mol.